The summed E-state index contributed by atoms with van der Waals surface area (Å²) in [4.78, 5) is 6.83. The van der Waals surface area contributed by atoms with Crippen molar-refractivity contribution < 1.29 is 9.47 Å². The average molecular weight is 519 g/mol. The van der Waals surface area contributed by atoms with Crippen LogP contribution >= 0.6 is 12.2 Å². The van der Waals surface area contributed by atoms with E-state index in [9.17, 15) is 0 Å². The van der Waals surface area contributed by atoms with Crippen LogP contribution in [0.25, 0.3) is 5.69 Å². The lowest BCUT2D eigenvalue weighted by Gasteiger charge is -2.29. The number of hydrogen-bond donors (Lipinski definition) is 1. The third-order valence-corrected chi connectivity index (χ3v) is 6.93. The van der Waals surface area contributed by atoms with E-state index in [1.165, 1.54) is 0 Å². The number of methoxy groups -OCH3 is 1. The first-order valence-corrected chi connectivity index (χ1v) is 12.8. The summed E-state index contributed by atoms with van der Waals surface area (Å²) < 4.78 is 13.9. The monoisotopic (exact) mass is 518 g/mol. The topological polar surface area (TPSA) is 51.5 Å². The van der Waals surface area contributed by atoms with Gasteiger partial charge in [-0.25, -0.2) is 0 Å². The van der Waals surface area contributed by atoms with Crippen LogP contribution in [-0.2, 0) is 0 Å². The second kappa shape index (κ2) is 10.4. The number of rotatable bonds is 7. The summed E-state index contributed by atoms with van der Waals surface area (Å²) >= 11 is 5.92. The van der Waals surface area contributed by atoms with E-state index in [0.29, 0.717) is 5.11 Å². The fourth-order valence-corrected chi connectivity index (χ4v) is 5.26. The van der Waals surface area contributed by atoms with Gasteiger partial charge in [0.05, 0.1) is 24.5 Å². The van der Waals surface area contributed by atoms with Crippen LogP contribution in [-0.4, -0.2) is 21.8 Å². The average Bonchev–Trinajstić information content (AvgIpc) is 3.59. The van der Waals surface area contributed by atoms with E-state index < -0.39 is 0 Å². The molecule has 1 aliphatic heterocycles. The van der Waals surface area contributed by atoms with Crippen molar-refractivity contribution in [3.05, 3.63) is 133 Å². The molecule has 38 heavy (non-hydrogen) atoms. The summed E-state index contributed by atoms with van der Waals surface area (Å²) in [6.45, 7) is 0. The Morgan fingerprint density at radius 3 is 2.29 bits per heavy atom. The van der Waals surface area contributed by atoms with Crippen molar-refractivity contribution in [1.82, 2.24) is 14.9 Å². The molecule has 5 aromatic rings. The summed E-state index contributed by atoms with van der Waals surface area (Å²) in [5.74, 6) is 2.34. The maximum Gasteiger partial charge on any atom is 0.174 e. The number of benzene rings is 3. The highest BCUT2D eigenvalue weighted by atomic mass is 32.1. The van der Waals surface area contributed by atoms with Crippen LogP contribution in [0.15, 0.2) is 122 Å². The van der Waals surface area contributed by atoms with Gasteiger partial charge in [0.15, 0.2) is 5.11 Å². The van der Waals surface area contributed by atoms with Crippen molar-refractivity contribution >= 4 is 23.0 Å². The lowest BCUT2D eigenvalue weighted by Crippen LogP contribution is -2.30. The molecule has 3 heterocycles. The smallest absolute Gasteiger partial charge is 0.174 e. The third kappa shape index (κ3) is 4.48. The predicted molar refractivity (Wildman–Crippen MR) is 153 cm³/mol. The Kier molecular flexibility index (Phi) is 6.50. The summed E-state index contributed by atoms with van der Waals surface area (Å²) in [5.41, 5.74) is 3.89. The van der Waals surface area contributed by atoms with Gasteiger partial charge in [0.1, 0.15) is 23.3 Å². The molecule has 0 amide bonds. The van der Waals surface area contributed by atoms with Crippen LogP contribution in [0.1, 0.15) is 23.5 Å². The van der Waals surface area contributed by atoms with Gasteiger partial charge in [0.2, 0.25) is 0 Å². The Hall–Kier alpha value is -4.62. The van der Waals surface area contributed by atoms with Gasteiger partial charge < -0.3 is 24.3 Å². The molecule has 3 aromatic carbocycles. The molecule has 188 valence electrons. The van der Waals surface area contributed by atoms with Gasteiger partial charge in [-0.3, -0.25) is 4.98 Å². The molecule has 2 atom stereocenters. The van der Waals surface area contributed by atoms with Crippen LogP contribution < -0.4 is 19.7 Å². The Bertz CT molecular complexity index is 1540. The molecule has 6 nitrogen and oxygen atoms in total. The zero-order valence-electron chi connectivity index (χ0n) is 20.8. The summed E-state index contributed by atoms with van der Waals surface area (Å²) in [5, 5.41) is 4.17. The Balaban J connectivity index is 1.42. The maximum atomic E-state index is 6.02. The van der Waals surface area contributed by atoms with Gasteiger partial charge in [-0.15, -0.1) is 0 Å². The Labute approximate surface area is 227 Å². The maximum absolute atomic E-state index is 6.02. The summed E-state index contributed by atoms with van der Waals surface area (Å²) in [7, 11) is 1.69. The molecule has 2 aromatic heterocycles. The molecule has 0 spiro atoms. The normalized spacial score (nSPS) is 16.8. The van der Waals surface area contributed by atoms with E-state index in [2.05, 4.69) is 38.1 Å². The highest BCUT2D eigenvalue weighted by Gasteiger charge is 2.42. The number of pyridine rings is 1. The Morgan fingerprint density at radius 1 is 0.789 bits per heavy atom. The van der Waals surface area contributed by atoms with Crippen LogP contribution in [0.2, 0.25) is 0 Å². The van der Waals surface area contributed by atoms with Crippen molar-refractivity contribution in [3.63, 3.8) is 0 Å². The molecular formula is C31H26N4O2S. The minimum atomic E-state index is -0.168. The van der Waals surface area contributed by atoms with Crippen LogP contribution in [0.3, 0.4) is 0 Å². The van der Waals surface area contributed by atoms with Gasteiger partial charge in [0, 0.05) is 23.8 Å². The van der Waals surface area contributed by atoms with Gasteiger partial charge in [-0.05, 0) is 85.0 Å². The molecule has 1 saturated heterocycles. The molecule has 0 aliphatic carbocycles. The van der Waals surface area contributed by atoms with Crippen LogP contribution in [0.4, 0.5) is 5.69 Å². The number of aromatic nitrogens is 2. The SMILES string of the molecule is COc1ccccc1-n1cccc1[C@H]1[C@@H](c2ccccn2)NC(=S)N1c1ccc(Oc2ccccc2)cc1. The molecule has 0 radical (unpaired) electrons. The number of ether oxygens (including phenoxy) is 2. The van der Waals surface area contributed by atoms with E-state index in [1.807, 2.05) is 103 Å². The number of hydrogen-bond acceptors (Lipinski definition) is 4. The van der Waals surface area contributed by atoms with Crippen molar-refractivity contribution in [2.24, 2.45) is 0 Å². The summed E-state index contributed by atoms with van der Waals surface area (Å²) in [6, 6.07) is 35.6. The van der Waals surface area contributed by atoms with Gasteiger partial charge in [-0.1, -0.05) is 36.4 Å². The number of nitrogens with one attached hydrogen (secondary N) is 1. The van der Waals surface area contributed by atoms with Crippen molar-refractivity contribution in [3.8, 4) is 22.9 Å². The Morgan fingerprint density at radius 2 is 1.53 bits per heavy atom. The molecule has 1 aliphatic rings. The number of para-hydroxylation sites is 3. The molecule has 7 heteroatoms. The molecule has 0 bridgehead atoms. The van der Waals surface area contributed by atoms with Crippen molar-refractivity contribution in [1.29, 1.82) is 0 Å². The molecule has 1 N–H and O–H groups in total. The molecular weight excluding hydrogens is 492 g/mol. The second-order valence-electron chi connectivity index (χ2n) is 8.88. The summed E-state index contributed by atoms with van der Waals surface area (Å²) in [6.07, 6.45) is 3.87. The quantitative estimate of drug-likeness (QED) is 0.238. The van der Waals surface area contributed by atoms with Gasteiger partial charge in [0.25, 0.3) is 0 Å². The number of nitrogens with zero attached hydrogens (tertiary/aromatic N) is 3. The molecule has 0 unspecified atom stereocenters. The molecule has 1 fully saturated rings. The van der Waals surface area contributed by atoms with E-state index in [-0.39, 0.29) is 12.1 Å². The standard InChI is InChI=1S/C31H26N4O2S/c1-36-28-15-6-5-13-26(28)34-21-9-14-27(34)30-29(25-12-7-8-20-32-25)33-31(38)35(30)22-16-18-24(19-17-22)37-23-10-3-2-4-11-23/h2-21,29-30H,1H3,(H,33,38)/t29-,30+/m1/s1. The molecule has 0 saturated carbocycles. The minimum absolute atomic E-state index is 0.160. The first-order chi connectivity index (χ1) is 18.7. The zero-order chi connectivity index (χ0) is 25.9. The zero-order valence-corrected chi connectivity index (χ0v) is 21.6. The van der Waals surface area contributed by atoms with E-state index >= 15 is 0 Å². The van der Waals surface area contributed by atoms with E-state index in [1.54, 1.807) is 7.11 Å². The first-order valence-electron chi connectivity index (χ1n) is 12.4. The fraction of sp³-hybridized carbons (Fsp3) is 0.0968. The van der Waals surface area contributed by atoms with Crippen molar-refractivity contribution in [2.75, 3.05) is 12.0 Å². The van der Waals surface area contributed by atoms with E-state index in [0.717, 1.165) is 40.0 Å². The molecule has 6 rings (SSSR count). The number of anilines is 1. The van der Waals surface area contributed by atoms with Gasteiger partial charge in [-0.2, -0.15) is 0 Å². The number of thiocarbonyl (C=S) groups is 1. The van der Waals surface area contributed by atoms with Gasteiger partial charge >= 0.3 is 0 Å². The highest BCUT2D eigenvalue weighted by Crippen LogP contribution is 2.43. The van der Waals surface area contributed by atoms with Crippen molar-refractivity contribution in [2.45, 2.75) is 12.1 Å². The first kappa shape index (κ1) is 23.8. The lowest BCUT2D eigenvalue weighted by molar-refractivity contribution is 0.412. The fourth-order valence-electron chi connectivity index (χ4n) is 4.92. The van der Waals surface area contributed by atoms with Crippen LogP contribution in [0.5, 0.6) is 17.2 Å². The van der Waals surface area contributed by atoms with E-state index in [4.69, 9.17) is 21.7 Å². The highest BCUT2D eigenvalue weighted by molar-refractivity contribution is 7.80. The largest absolute Gasteiger partial charge is 0.495 e. The van der Waals surface area contributed by atoms with Crippen LogP contribution in [0, 0.1) is 0 Å². The predicted octanol–water partition coefficient (Wildman–Crippen LogP) is 6.85. The second-order valence-corrected chi connectivity index (χ2v) is 9.27. The lowest BCUT2D eigenvalue weighted by atomic mass is 10.0. The third-order valence-electron chi connectivity index (χ3n) is 6.62. The minimum Gasteiger partial charge on any atom is -0.495 e.